The zero-order valence-corrected chi connectivity index (χ0v) is 16.0. The van der Waals surface area contributed by atoms with Crippen LogP contribution in [-0.2, 0) is 6.54 Å². The Morgan fingerprint density at radius 2 is 2.12 bits per heavy atom. The summed E-state index contributed by atoms with van der Waals surface area (Å²) in [5.74, 6) is 1.48. The van der Waals surface area contributed by atoms with Crippen molar-refractivity contribution in [1.29, 1.82) is 0 Å². The average molecular weight is 407 g/mol. The Balaban J connectivity index is 2.15. The van der Waals surface area contributed by atoms with Crippen LogP contribution in [0.5, 0.6) is 5.75 Å². The lowest BCUT2D eigenvalue weighted by Crippen LogP contribution is -2.11. The summed E-state index contributed by atoms with van der Waals surface area (Å²) in [7, 11) is 1.63. The first-order chi connectivity index (χ1) is 12.0. The summed E-state index contributed by atoms with van der Waals surface area (Å²) < 4.78 is 6.31. The molecule has 0 aliphatic heterocycles. The number of methoxy groups -OCH3 is 1. The molecule has 1 heterocycles. The fourth-order valence-electron chi connectivity index (χ4n) is 2.20. The lowest BCUT2D eigenvalue weighted by molar-refractivity contribution is 0.409. The quantitative estimate of drug-likeness (QED) is 0.458. The third-order valence-corrected chi connectivity index (χ3v) is 4.03. The van der Waals surface area contributed by atoms with Crippen molar-refractivity contribution >= 4 is 39.6 Å². The first-order valence-electron chi connectivity index (χ1n) is 8.04. The van der Waals surface area contributed by atoms with E-state index in [-0.39, 0.29) is 5.95 Å². The fourth-order valence-corrected chi connectivity index (χ4v) is 2.54. The Kier molecular flexibility index (Phi) is 7.00. The number of halogens is 1. The molecule has 0 aliphatic rings. The Bertz CT molecular complexity index is 750. The van der Waals surface area contributed by atoms with E-state index in [0.29, 0.717) is 23.7 Å². The number of aromatic nitrogens is 2. The van der Waals surface area contributed by atoms with Crippen molar-refractivity contribution < 1.29 is 4.74 Å². The van der Waals surface area contributed by atoms with Crippen LogP contribution in [0.4, 0.5) is 17.5 Å². The molecule has 5 N–H and O–H groups in total. The van der Waals surface area contributed by atoms with E-state index in [9.17, 15) is 0 Å². The molecule has 0 aliphatic carbocycles. The topological polar surface area (TPSA) is 111 Å². The number of hydrogen-bond donors (Lipinski definition) is 3. The lowest BCUT2D eigenvalue weighted by atomic mass is 10.2. The van der Waals surface area contributed by atoms with Gasteiger partial charge in [-0.15, -0.1) is 0 Å². The normalized spacial score (nSPS) is 11.0. The minimum atomic E-state index is 0.163. The lowest BCUT2D eigenvalue weighted by Gasteiger charge is -2.10. The van der Waals surface area contributed by atoms with Crippen LogP contribution in [0.25, 0.3) is 0 Å². The molecule has 8 heteroatoms. The average Bonchev–Trinajstić information content (AvgIpc) is 2.59. The van der Waals surface area contributed by atoms with Crippen LogP contribution in [-0.4, -0.2) is 29.8 Å². The van der Waals surface area contributed by atoms with E-state index < -0.39 is 0 Å². The van der Waals surface area contributed by atoms with Crippen LogP contribution < -0.4 is 21.5 Å². The summed E-state index contributed by atoms with van der Waals surface area (Å²) in [6.45, 7) is 3.34. The molecule has 0 unspecified atom stereocenters. The predicted molar refractivity (Wildman–Crippen MR) is 106 cm³/mol. The summed E-state index contributed by atoms with van der Waals surface area (Å²) >= 11 is 3.42. The molecule has 0 saturated heterocycles. The third-order valence-electron chi connectivity index (χ3n) is 3.54. The highest BCUT2D eigenvalue weighted by atomic mass is 79.9. The van der Waals surface area contributed by atoms with Gasteiger partial charge in [0.2, 0.25) is 5.95 Å². The van der Waals surface area contributed by atoms with E-state index in [0.717, 1.165) is 35.2 Å². The molecule has 0 spiro atoms. The van der Waals surface area contributed by atoms with Crippen molar-refractivity contribution in [3.8, 4) is 5.75 Å². The molecule has 0 amide bonds. The number of nitrogens with zero attached hydrogens (tertiary/aromatic N) is 3. The number of anilines is 3. The van der Waals surface area contributed by atoms with Crippen LogP contribution in [0.3, 0.4) is 0 Å². The summed E-state index contributed by atoms with van der Waals surface area (Å²) in [6.07, 6.45) is 3.72. The highest BCUT2D eigenvalue weighted by Gasteiger charge is 2.09. The van der Waals surface area contributed by atoms with Crippen molar-refractivity contribution in [3.63, 3.8) is 0 Å². The van der Waals surface area contributed by atoms with Crippen molar-refractivity contribution in [3.05, 3.63) is 33.9 Å². The van der Waals surface area contributed by atoms with Crippen LogP contribution in [0.2, 0.25) is 0 Å². The molecule has 7 nitrogen and oxygen atoms in total. The van der Waals surface area contributed by atoms with Gasteiger partial charge in [-0.3, -0.25) is 4.99 Å². The number of ether oxygens (including phenoxy) is 1. The van der Waals surface area contributed by atoms with Gasteiger partial charge in [-0.05, 0) is 18.6 Å². The molecular formula is C17H23BrN6O. The summed E-state index contributed by atoms with van der Waals surface area (Å²) in [6, 6.07) is 5.80. The molecule has 0 fully saturated rings. The first-order valence-corrected chi connectivity index (χ1v) is 8.83. The number of unbranched alkanes of at least 4 members (excludes halogenated alkanes) is 1. The van der Waals surface area contributed by atoms with E-state index in [1.54, 1.807) is 13.3 Å². The summed E-state index contributed by atoms with van der Waals surface area (Å²) in [4.78, 5) is 12.7. The van der Waals surface area contributed by atoms with Gasteiger partial charge in [0.05, 0.1) is 13.7 Å². The standard InChI is InChI=1S/C17H23BrN6O/c1-3-4-7-22-16-15(19)13(23-17(20)24-16)10-21-9-11-5-6-12(18)8-14(11)25-2/h5-6,8,10H,3-4,7,9,19H2,1-2H3,(H3,20,22,23,24). The number of nitrogens with one attached hydrogen (secondary N) is 1. The molecule has 0 radical (unpaired) electrons. The highest BCUT2D eigenvalue weighted by molar-refractivity contribution is 9.10. The monoisotopic (exact) mass is 406 g/mol. The van der Waals surface area contributed by atoms with Gasteiger partial charge in [0.15, 0.2) is 5.82 Å². The van der Waals surface area contributed by atoms with E-state index in [1.807, 2.05) is 18.2 Å². The summed E-state index contributed by atoms with van der Waals surface area (Å²) in [5, 5.41) is 3.18. The number of nitrogens with two attached hydrogens (primary N) is 2. The van der Waals surface area contributed by atoms with Gasteiger partial charge >= 0.3 is 0 Å². The van der Waals surface area contributed by atoms with Gasteiger partial charge < -0.3 is 21.5 Å². The maximum absolute atomic E-state index is 6.12. The van der Waals surface area contributed by atoms with Crippen LogP contribution >= 0.6 is 15.9 Å². The highest BCUT2D eigenvalue weighted by Crippen LogP contribution is 2.24. The van der Waals surface area contributed by atoms with Gasteiger partial charge in [0.1, 0.15) is 17.1 Å². The largest absolute Gasteiger partial charge is 0.496 e. The van der Waals surface area contributed by atoms with Gasteiger partial charge in [0, 0.05) is 22.8 Å². The van der Waals surface area contributed by atoms with Crippen molar-refractivity contribution in [2.75, 3.05) is 30.4 Å². The van der Waals surface area contributed by atoms with Crippen molar-refractivity contribution in [2.24, 2.45) is 4.99 Å². The number of hydrogen-bond acceptors (Lipinski definition) is 7. The van der Waals surface area contributed by atoms with Gasteiger partial charge in [0.25, 0.3) is 0 Å². The molecule has 0 bridgehead atoms. The molecular weight excluding hydrogens is 384 g/mol. The van der Waals surface area contributed by atoms with E-state index in [4.69, 9.17) is 16.2 Å². The van der Waals surface area contributed by atoms with E-state index in [2.05, 4.69) is 43.1 Å². The molecule has 25 heavy (non-hydrogen) atoms. The smallest absolute Gasteiger partial charge is 0.222 e. The van der Waals surface area contributed by atoms with Gasteiger partial charge in [-0.25, -0.2) is 4.98 Å². The molecule has 1 aromatic carbocycles. The SMILES string of the molecule is CCCCNc1nc(N)nc(C=NCc2ccc(Br)cc2OC)c1N. The van der Waals surface area contributed by atoms with E-state index in [1.165, 1.54) is 0 Å². The Morgan fingerprint density at radius 3 is 2.84 bits per heavy atom. The second kappa shape index (κ2) is 9.22. The molecule has 2 aromatic rings. The Hall–Kier alpha value is -2.35. The third kappa shape index (κ3) is 5.32. The number of benzene rings is 1. The molecule has 1 aromatic heterocycles. The van der Waals surface area contributed by atoms with Crippen molar-refractivity contribution in [2.45, 2.75) is 26.3 Å². The zero-order chi connectivity index (χ0) is 18.2. The number of nitrogen functional groups attached to an aromatic ring is 2. The van der Waals surface area contributed by atoms with Gasteiger partial charge in [-0.1, -0.05) is 35.3 Å². The Labute approximate surface area is 156 Å². The molecule has 0 saturated carbocycles. The fraction of sp³-hybridized carbons (Fsp3) is 0.353. The first kappa shape index (κ1) is 19.0. The maximum atomic E-state index is 6.12. The zero-order valence-electron chi connectivity index (χ0n) is 14.4. The van der Waals surface area contributed by atoms with Crippen molar-refractivity contribution in [1.82, 2.24) is 9.97 Å². The van der Waals surface area contributed by atoms with E-state index >= 15 is 0 Å². The second-order valence-corrected chi connectivity index (χ2v) is 6.35. The molecule has 2 rings (SSSR count). The van der Waals surface area contributed by atoms with Gasteiger partial charge in [-0.2, -0.15) is 4.98 Å². The minimum Gasteiger partial charge on any atom is -0.496 e. The predicted octanol–water partition coefficient (Wildman–Crippen LogP) is 3.24. The Morgan fingerprint density at radius 1 is 1.32 bits per heavy atom. The number of aliphatic imine (C=N–C) groups is 1. The minimum absolute atomic E-state index is 0.163. The van der Waals surface area contributed by atoms with Crippen LogP contribution in [0.15, 0.2) is 27.7 Å². The summed E-state index contributed by atoms with van der Waals surface area (Å²) in [5.41, 5.74) is 13.8. The second-order valence-electron chi connectivity index (χ2n) is 5.44. The number of rotatable bonds is 8. The molecule has 134 valence electrons. The van der Waals surface area contributed by atoms with Crippen LogP contribution in [0, 0.1) is 0 Å². The van der Waals surface area contributed by atoms with Crippen LogP contribution in [0.1, 0.15) is 31.0 Å². The molecule has 0 atom stereocenters. The maximum Gasteiger partial charge on any atom is 0.222 e.